The Balaban J connectivity index is 1.78. The summed E-state index contributed by atoms with van der Waals surface area (Å²) in [7, 11) is 0. The molecule has 1 amide bonds. The zero-order valence-corrected chi connectivity index (χ0v) is 17.3. The van der Waals surface area contributed by atoms with Crippen molar-refractivity contribution in [2.24, 2.45) is 0 Å². The number of aryl methyl sites for hydroxylation is 1. The highest BCUT2D eigenvalue weighted by atomic mass is 16.5. The van der Waals surface area contributed by atoms with Crippen molar-refractivity contribution in [2.75, 3.05) is 44.3 Å². The van der Waals surface area contributed by atoms with E-state index in [0.29, 0.717) is 0 Å². The average Bonchev–Trinajstić information content (AvgIpc) is 3.30. The number of benzene rings is 1. The van der Waals surface area contributed by atoms with Gasteiger partial charge in [0.15, 0.2) is 0 Å². The van der Waals surface area contributed by atoms with Crippen LogP contribution in [0.2, 0.25) is 0 Å². The van der Waals surface area contributed by atoms with Crippen LogP contribution in [0.4, 0.5) is 5.69 Å². The number of ether oxygens (including phenoxy) is 1. The van der Waals surface area contributed by atoms with Crippen LogP contribution in [0.15, 0.2) is 24.3 Å². The second-order valence-electron chi connectivity index (χ2n) is 8.08. The molecular weight excluding hydrogens is 350 g/mol. The van der Waals surface area contributed by atoms with Crippen LogP contribution in [-0.2, 0) is 11.3 Å². The Morgan fingerprint density at radius 3 is 2.43 bits per heavy atom. The van der Waals surface area contributed by atoms with Crippen LogP contribution >= 0.6 is 0 Å². The molecule has 5 nitrogen and oxygen atoms in total. The number of hydrogen-bond acceptors (Lipinski definition) is 3. The van der Waals surface area contributed by atoms with E-state index in [1.165, 1.54) is 22.5 Å². The Labute approximate surface area is 167 Å². The van der Waals surface area contributed by atoms with Crippen molar-refractivity contribution < 1.29 is 9.53 Å². The van der Waals surface area contributed by atoms with Crippen LogP contribution in [0.1, 0.15) is 45.7 Å². The molecule has 2 aliphatic rings. The van der Waals surface area contributed by atoms with Crippen molar-refractivity contribution >= 4 is 11.6 Å². The van der Waals surface area contributed by atoms with E-state index < -0.39 is 0 Å². The molecular formula is C23H31N3O2. The molecule has 0 spiro atoms. The van der Waals surface area contributed by atoms with Gasteiger partial charge in [-0.05, 0) is 39.2 Å². The largest absolute Gasteiger partial charge is 0.378 e. The predicted molar refractivity (Wildman–Crippen MR) is 112 cm³/mol. The Hall–Kier alpha value is -2.27. The number of amides is 1. The minimum Gasteiger partial charge on any atom is -0.378 e. The van der Waals surface area contributed by atoms with E-state index in [1.807, 2.05) is 4.90 Å². The van der Waals surface area contributed by atoms with Gasteiger partial charge < -0.3 is 19.1 Å². The first-order valence-electron chi connectivity index (χ1n) is 10.4. The van der Waals surface area contributed by atoms with Gasteiger partial charge in [-0.2, -0.15) is 0 Å². The van der Waals surface area contributed by atoms with Crippen molar-refractivity contribution in [2.45, 2.75) is 40.2 Å². The van der Waals surface area contributed by atoms with Crippen LogP contribution in [0.3, 0.4) is 0 Å². The molecule has 2 aromatic rings. The third-order valence-corrected chi connectivity index (χ3v) is 6.07. The molecule has 0 aliphatic carbocycles. The number of aromatic nitrogens is 1. The van der Waals surface area contributed by atoms with E-state index >= 15 is 0 Å². The molecule has 4 rings (SSSR count). The molecule has 0 unspecified atom stereocenters. The molecule has 2 aliphatic heterocycles. The van der Waals surface area contributed by atoms with E-state index in [-0.39, 0.29) is 5.91 Å². The molecule has 1 aromatic carbocycles. The van der Waals surface area contributed by atoms with E-state index in [4.69, 9.17) is 4.74 Å². The molecule has 5 heteroatoms. The lowest BCUT2D eigenvalue weighted by atomic mass is 10.1. The Morgan fingerprint density at radius 2 is 1.75 bits per heavy atom. The van der Waals surface area contributed by atoms with Crippen LogP contribution in [-0.4, -0.2) is 54.8 Å². The van der Waals surface area contributed by atoms with Gasteiger partial charge in [0.2, 0.25) is 0 Å². The Bertz CT molecular complexity index is 859. The minimum absolute atomic E-state index is 0.185. The highest BCUT2D eigenvalue weighted by Gasteiger charge is 2.30. The number of likely N-dealkylation sites (tertiary alicyclic amines) is 1. The van der Waals surface area contributed by atoms with Gasteiger partial charge in [-0.25, -0.2) is 0 Å². The van der Waals surface area contributed by atoms with Crippen molar-refractivity contribution in [3.63, 3.8) is 0 Å². The van der Waals surface area contributed by atoms with Crippen molar-refractivity contribution in [1.29, 1.82) is 0 Å². The second kappa shape index (κ2) is 8.00. The molecule has 0 bridgehead atoms. The molecule has 0 atom stereocenters. The lowest BCUT2D eigenvalue weighted by Crippen LogP contribution is -2.36. The lowest BCUT2D eigenvalue weighted by molar-refractivity contribution is 0.0781. The summed E-state index contributed by atoms with van der Waals surface area (Å²) < 4.78 is 7.80. The molecule has 0 radical (unpaired) electrons. The summed E-state index contributed by atoms with van der Waals surface area (Å²) in [5.74, 6) is 0.185. The van der Waals surface area contributed by atoms with Gasteiger partial charge in [0.05, 0.1) is 18.9 Å². The fraction of sp³-hybridized carbons (Fsp3) is 0.522. The van der Waals surface area contributed by atoms with E-state index in [0.717, 1.165) is 70.0 Å². The molecule has 2 saturated heterocycles. The fourth-order valence-corrected chi connectivity index (χ4v) is 4.67. The van der Waals surface area contributed by atoms with Crippen molar-refractivity contribution in [1.82, 2.24) is 9.47 Å². The van der Waals surface area contributed by atoms with Crippen LogP contribution < -0.4 is 4.90 Å². The van der Waals surface area contributed by atoms with Gasteiger partial charge in [-0.1, -0.05) is 29.8 Å². The van der Waals surface area contributed by atoms with Crippen LogP contribution in [0, 0.1) is 20.8 Å². The normalized spacial score (nSPS) is 17.4. The van der Waals surface area contributed by atoms with Gasteiger partial charge in [-0.15, -0.1) is 0 Å². The zero-order chi connectivity index (χ0) is 19.7. The fourth-order valence-electron chi connectivity index (χ4n) is 4.67. The summed E-state index contributed by atoms with van der Waals surface area (Å²) >= 11 is 0. The third-order valence-electron chi connectivity index (χ3n) is 6.07. The predicted octanol–water partition coefficient (Wildman–Crippen LogP) is 3.53. The topological polar surface area (TPSA) is 37.7 Å². The summed E-state index contributed by atoms with van der Waals surface area (Å²) in [6.45, 7) is 12.1. The first kappa shape index (κ1) is 19.1. The number of nitrogens with zero attached hydrogens (tertiary/aromatic N) is 3. The quantitative estimate of drug-likeness (QED) is 0.813. The monoisotopic (exact) mass is 381 g/mol. The number of anilines is 1. The maximum atomic E-state index is 13.5. The zero-order valence-electron chi connectivity index (χ0n) is 17.3. The van der Waals surface area contributed by atoms with E-state index in [2.05, 4.69) is 54.5 Å². The van der Waals surface area contributed by atoms with Gasteiger partial charge in [-0.3, -0.25) is 4.79 Å². The SMILES string of the molecule is Cc1cccc(Cn2c(C)c(N3CCOCC3)c(C)c2C(=O)N2CCCC2)c1. The first-order chi connectivity index (χ1) is 13.6. The van der Waals surface area contributed by atoms with Crippen LogP contribution in [0.25, 0.3) is 0 Å². The van der Waals surface area contributed by atoms with Crippen molar-refractivity contribution in [3.05, 3.63) is 52.3 Å². The summed E-state index contributed by atoms with van der Waals surface area (Å²) in [6.07, 6.45) is 2.22. The molecule has 28 heavy (non-hydrogen) atoms. The highest BCUT2D eigenvalue weighted by molar-refractivity contribution is 5.97. The van der Waals surface area contributed by atoms with Gasteiger partial charge in [0.1, 0.15) is 5.69 Å². The Kier molecular flexibility index (Phi) is 5.44. The lowest BCUT2D eigenvalue weighted by Gasteiger charge is -2.29. The molecule has 3 heterocycles. The summed E-state index contributed by atoms with van der Waals surface area (Å²) in [6, 6.07) is 8.58. The average molecular weight is 382 g/mol. The van der Waals surface area contributed by atoms with Gasteiger partial charge in [0.25, 0.3) is 5.91 Å². The van der Waals surface area contributed by atoms with E-state index in [9.17, 15) is 4.79 Å². The summed E-state index contributed by atoms with van der Waals surface area (Å²) in [5.41, 5.74) is 6.87. The molecule has 1 aromatic heterocycles. The molecule has 0 saturated carbocycles. The number of hydrogen-bond donors (Lipinski definition) is 0. The summed E-state index contributed by atoms with van der Waals surface area (Å²) in [5, 5.41) is 0. The van der Waals surface area contributed by atoms with Crippen LogP contribution in [0.5, 0.6) is 0 Å². The summed E-state index contributed by atoms with van der Waals surface area (Å²) in [4.78, 5) is 17.9. The van der Waals surface area contributed by atoms with E-state index in [1.54, 1.807) is 0 Å². The van der Waals surface area contributed by atoms with Gasteiger partial charge in [0, 0.05) is 44.0 Å². The molecule has 150 valence electrons. The number of rotatable bonds is 4. The molecule has 0 N–H and O–H groups in total. The smallest absolute Gasteiger partial charge is 0.270 e. The standard InChI is InChI=1S/C23H31N3O2/c1-17-7-6-8-20(15-17)16-26-19(3)21(24-11-13-28-14-12-24)18(2)22(26)23(27)25-9-4-5-10-25/h6-8,15H,4-5,9-14,16H2,1-3H3. The highest BCUT2D eigenvalue weighted by Crippen LogP contribution is 2.33. The van der Waals surface area contributed by atoms with Gasteiger partial charge >= 0.3 is 0 Å². The number of carbonyl (C=O) groups is 1. The maximum Gasteiger partial charge on any atom is 0.270 e. The maximum absolute atomic E-state index is 13.5. The second-order valence-corrected chi connectivity index (χ2v) is 8.08. The number of morpholine rings is 1. The molecule has 2 fully saturated rings. The third kappa shape index (κ3) is 3.55. The number of carbonyl (C=O) groups excluding carboxylic acids is 1. The minimum atomic E-state index is 0.185. The van der Waals surface area contributed by atoms with Crippen molar-refractivity contribution in [3.8, 4) is 0 Å². The first-order valence-corrected chi connectivity index (χ1v) is 10.4. The Morgan fingerprint density at radius 1 is 1.04 bits per heavy atom.